The summed E-state index contributed by atoms with van der Waals surface area (Å²) in [5.74, 6) is -1.12. The Morgan fingerprint density at radius 3 is 2.15 bits per heavy atom. The van der Waals surface area contributed by atoms with Crippen molar-refractivity contribution in [1.82, 2.24) is 0 Å². The second kappa shape index (κ2) is 9.67. The number of carboxylic acids is 1. The van der Waals surface area contributed by atoms with Gasteiger partial charge in [-0.1, -0.05) is 63.2 Å². The highest BCUT2D eigenvalue weighted by Gasteiger charge is 2.20. The summed E-state index contributed by atoms with van der Waals surface area (Å²) in [6.07, 6.45) is 0. The Kier molecular flexibility index (Phi) is 7.12. The molecule has 0 aliphatic carbocycles. The topological polar surface area (TPSA) is 86.7 Å². The van der Waals surface area contributed by atoms with Gasteiger partial charge < -0.3 is 10.0 Å². The first kappa shape index (κ1) is 24.3. The Bertz CT molecular complexity index is 1220. The molecule has 3 rings (SSSR count). The maximum atomic E-state index is 12.9. The third kappa shape index (κ3) is 5.93. The molecule has 0 unspecified atom stereocenters. The monoisotopic (exact) mass is 466 g/mol. The van der Waals surface area contributed by atoms with Crippen LogP contribution in [-0.4, -0.2) is 26.0 Å². The number of carbonyl (C=O) groups is 1. The third-order valence-corrected chi connectivity index (χ3v) is 6.85. The zero-order chi connectivity index (χ0) is 24.2. The molecule has 0 amide bonds. The molecule has 0 aromatic heterocycles. The van der Waals surface area contributed by atoms with Crippen LogP contribution < -0.4 is 9.62 Å². The lowest BCUT2D eigenvalue weighted by Crippen LogP contribution is -2.24. The van der Waals surface area contributed by atoms with Gasteiger partial charge in [-0.15, -0.1) is 0 Å². The molecule has 0 saturated carbocycles. The normalized spacial score (nSPS) is 11.8. The quantitative estimate of drug-likeness (QED) is 0.457. The van der Waals surface area contributed by atoms with Crippen molar-refractivity contribution in [2.75, 3.05) is 16.2 Å². The average Bonchev–Trinajstić information content (AvgIpc) is 2.77. The number of aromatic carboxylic acids is 1. The van der Waals surface area contributed by atoms with E-state index in [4.69, 9.17) is 0 Å². The lowest BCUT2D eigenvalue weighted by Gasteiger charge is -2.25. The maximum absolute atomic E-state index is 12.9. The summed E-state index contributed by atoms with van der Waals surface area (Å²) >= 11 is 0. The minimum atomic E-state index is -3.86. The number of nitrogens with zero attached hydrogens (tertiary/aromatic N) is 1. The van der Waals surface area contributed by atoms with E-state index < -0.39 is 16.0 Å². The molecule has 33 heavy (non-hydrogen) atoms. The van der Waals surface area contributed by atoms with Crippen LogP contribution in [0.1, 0.15) is 49.2 Å². The van der Waals surface area contributed by atoms with E-state index in [-0.39, 0.29) is 21.6 Å². The van der Waals surface area contributed by atoms with E-state index in [2.05, 4.69) is 25.5 Å². The number of benzene rings is 3. The molecule has 7 heteroatoms. The van der Waals surface area contributed by atoms with Crippen molar-refractivity contribution < 1.29 is 18.3 Å². The molecule has 0 atom stereocenters. The number of rotatable bonds is 8. The first-order chi connectivity index (χ1) is 15.5. The van der Waals surface area contributed by atoms with Crippen molar-refractivity contribution in [3.63, 3.8) is 0 Å². The van der Waals surface area contributed by atoms with Gasteiger partial charge in [0.25, 0.3) is 10.0 Å². The third-order valence-electron chi connectivity index (χ3n) is 5.45. The van der Waals surface area contributed by atoms with Gasteiger partial charge in [-0.25, -0.2) is 13.2 Å². The van der Waals surface area contributed by atoms with Crippen LogP contribution in [0.15, 0.2) is 77.7 Å². The molecule has 3 aromatic carbocycles. The Labute approximate surface area is 195 Å². The molecule has 0 heterocycles. The summed E-state index contributed by atoms with van der Waals surface area (Å²) in [4.78, 5) is 14.1. The van der Waals surface area contributed by atoms with Gasteiger partial charge in [-0.3, -0.25) is 4.72 Å². The lowest BCUT2D eigenvalue weighted by atomic mass is 9.87. The number of hydrogen-bond acceptors (Lipinski definition) is 4. The number of carboxylic acid groups (broad SMARTS) is 1. The van der Waals surface area contributed by atoms with Crippen LogP contribution in [0.5, 0.6) is 0 Å². The van der Waals surface area contributed by atoms with Crippen molar-refractivity contribution in [1.29, 1.82) is 0 Å². The van der Waals surface area contributed by atoms with E-state index >= 15 is 0 Å². The SMILES string of the molecule is CCN(Cc1ccccc1)c1ccc(NS(=O)(=O)c2ccc(C(C)(C)C)cc2)cc1C(=O)O. The van der Waals surface area contributed by atoms with Crippen LogP contribution in [0.4, 0.5) is 11.4 Å². The first-order valence-electron chi connectivity index (χ1n) is 10.8. The summed E-state index contributed by atoms with van der Waals surface area (Å²) in [5, 5.41) is 9.82. The van der Waals surface area contributed by atoms with Gasteiger partial charge in [0.15, 0.2) is 0 Å². The fraction of sp³-hybridized carbons (Fsp3) is 0.269. The maximum Gasteiger partial charge on any atom is 0.337 e. The van der Waals surface area contributed by atoms with Gasteiger partial charge >= 0.3 is 5.97 Å². The van der Waals surface area contributed by atoms with Crippen molar-refractivity contribution in [3.05, 3.63) is 89.5 Å². The number of anilines is 2. The van der Waals surface area contributed by atoms with Crippen molar-refractivity contribution in [3.8, 4) is 0 Å². The van der Waals surface area contributed by atoms with Crippen LogP contribution in [-0.2, 0) is 22.0 Å². The highest BCUT2D eigenvalue weighted by Crippen LogP contribution is 2.28. The van der Waals surface area contributed by atoms with Crippen LogP contribution in [0.2, 0.25) is 0 Å². The van der Waals surface area contributed by atoms with Gasteiger partial charge in [-0.2, -0.15) is 0 Å². The fourth-order valence-electron chi connectivity index (χ4n) is 3.57. The molecule has 0 aliphatic rings. The first-order valence-corrected chi connectivity index (χ1v) is 12.3. The minimum Gasteiger partial charge on any atom is -0.478 e. The molecule has 3 aromatic rings. The van der Waals surface area contributed by atoms with Crippen molar-refractivity contribution >= 4 is 27.4 Å². The van der Waals surface area contributed by atoms with E-state index in [1.54, 1.807) is 36.4 Å². The molecule has 0 radical (unpaired) electrons. The van der Waals surface area contributed by atoms with Crippen LogP contribution >= 0.6 is 0 Å². The highest BCUT2D eigenvalue weighted by molar-refractivity contribution is 7.92. The predicted octanol–water partition coefficient (Wildman–Crippen LogP) is 5.51. The Morgan fingerprint density at radius 1 is 0.970 bits per heavy atom. The molecule has 0 bridgehead atoms. The van der Waals surface area contributed by atoms with Crippen molar-refractivity contribution in [2.45, 2.75) is 44.6 Å². The number of nitrogens with one attached hydrogen (secondary N) is 1. The van der Waals surface area contributed by atoms with Gasteiger partial charge in [0.05, 0.1) is 16.1 Å². The molecule has 6 nitrogen and oxygen atoms in total. The van der Waals surface area contributed by atoms with Gasteiger partial charge in [0, 0.05) is 18.8 Å². The van der Waals surface area contributed by atoms with E-state index in [1.165, 1.54) is 6.07 Å². The highest BCUT2D eigenvalue weighted by atomic mass is 32.2. The van der Waals surface area contributed by atoms with E-state index in [1.807, 2.05) is 42.2 Å². The zero-order valence-corrected chi connectivity index (χ0v) is 20.2. The number of sulfonamides is 1. The molecule has 174 valence electrons. The Balaban J connectivity index is 1.88. The molecule has 0 aliphatic heterocycles. The molecule has 0 fully saturated rings. The smallest absolute Gasteiger partial charge is 0.337 e. The van der Waals surface area contributed by atoms with Crippen LogP contribution in [0.25, 0.3) is 0 Å². The Morgan fingerprint density at radius 2 is 1.61 bits per heavy atom. The average molecular weight is 467 g/mol. The standard InChI is InChI=1S/C26H30N2O4S/c1-5-28(18-19-9-7-6-8-10-19)24-16-13-21(17-23(24)25(29)30)27-33(31,32)22-14-11-20(12-15-22)26(2,3)4/h6-17,27H,5,18H2,1-4H3,(H,29,30). The summed E-state index contributed by atoms with van der Waals surface area (Å²) in [6, 6.07) is 21.1. The van der Waals surface area contributed by atoms with E-state index in [0.717, 1.165) is 11.1 Å². The minimum absolute atomic E-state index is 0.0380. The summed E-state index contributed by atoms with van der Waals surface area (Å²) in [7, 11) is -3.86. The summed E-state index contributed by atoms with van der Waals surface area (Å²) in [5.41, 5.74) is 2.76. The van der Waals surface area contributed by atoms with Gasteiger partial charge in [0.2, 0.25) is 0 Å². The summed E-state index contributed by atoms with van der Waals surface area (Å²) < 4.78 is 28.3. The molecular weight excluding hydrogens is 436 g/mol. The molecular formula is C26H30N2O4S. The zero-order valence-electron chi connectivity index (χ0n) is 19.4. The lowest BCUT2D eigenvalue weighted by molar-refractivity contribution is 0.0697. The van der Waals surface area contributed by atoms with Crippen LogP contribution in [0, 0.1) is 0 Å². The van der Waals surface area contributed by atoms with Crippen LogP contribution in [0.3, 0.4) is 0 Å². The number of hydrogen-bond donors (Lipinski definition) is 2. The molecule has 0 spiro atoms. The molecule has 0 saturated heterocycles. The largest absolute Gasteiger partial charge is 0.478 e. The fourth-order valence-corrected chi connectivity index (χ4v) is 4.62. The van der Waals surface area contributed by atoms with Crippen molar-refractivity contribution in [2.24, 2.45) is 0 Å². The van der Waals surface area contributed by atoms with E-state index in [9.17, 15) is 18.3 Å². The predicted molar refractivity (Wildman–Crippen MR) is 133 cm³/mol. The second-order valence-corrected chi connectivity index (χ2v) is 10.6. The second-order valence-electron chi connectivity index (χ2n) is 8.92. The Hall–Kier alpha value is -3.32. The van der Waals surface area contributed by atoms with Gasteiger partial charge in [-0.05, 0) is 53.8 Å². The van der Waals surface area contributed by atoms with E-state index in [0.29, 0.717) is 18.8 Å². The molecule has 2 N–H and O–H groups in total. The summed E-state index contributed by atoms with van der Waals surface area (Å²) in [6.45, 7) is 9.26. The van der Waals surface area contributed by atoms with Gasteiger partial charge in [0.1, 0.15) is 0 Å².